The molecular formula is C19H16Cl2FN3. The van der Waals surface area contributed by atoms with E-state index in [4.69, 9.17) is 28.3 Å². The van der Waals surface area contributed by atoms with Crippen molar-refractivity contribution in [2.75, 3.05) is 11.9 Å². The number of aromatic nitrogens is 2. The van der Waals surface area contributed by atoms with Gasteiger partial charge in [0.1, 0.15) is 17.3 Å². The first kappa shape index (κ1) is 16.4. The highest BCUT2D eigenvalue weighted by atomic mass is 35.5. The Balaban J connectivity index is 1.97. The normalized spacial score (nSPS) is 13.9. The lowest BCUT2D eigenvalue weighted by Gasteiger charge is -2.11. The van der Waals surface area contributed by atoms with Crippen molar-refractivity contribution in [2.24, 2.45) is 0 Å². The van der Waals surface area contributed by atoms with E-state index in [1.54, 1.807) is 22.9 Å². The van der Waals surface area contributed by atoms with Crippen molar-refractivity contribution in [2.45, 2.75) is 19.3 Å². The van der Waals surface area contributed by atoms with Crippen LogP contribution in [0.15, 0.2) is 42.5 Å². The van der Waals surface area contributed by atoms with Crippen LogP contribution in [0.4, 0.5) is 10.2 Å². The molecule has 0 aliphatic carbocycles. The third-order valence-electron chi connectivity index (χ3n) is 4.42. The van der Waals surface area contributed by atoms with Crippen LogP contribution in [0.25, 0.3) is 16.9 Å². The summed E-state index contributed by atoms with van der Waals surface area (Å²) < 4.78 is 16.1. The summed E-state index contributed by atoms with van der Waals surface area (Å²) in [5.74, 6) is 0.580. The molecule has 4 rings (SSSR count). The first-order chi connectivity index (χ1) is 12.2. The number of nitrogens with one attached hydrogen (secondary N) is 1. The minimum atomic E-state index is -0.281. The molecule has 0 unspecified atom stereocenters. The van der Waals surface area contributed by atoms with Crippen LogP contribution in [0.3, 0.4) is 0 Å². The topological polar surface area (TPSA) is 29.9 Å². The molecule has 2 heterocycles. The van der Waals surface area contributed by atoms with Gasteiger partial charge < -0.3 is 5.32 Å². The van der Waals surface area contributed by atoms with Crippen molar-refractivity contribution >= 4 is 29.0 Å². The lowest BCUT2D eigenvalue weighted by atomic mass is 10.0. The fourth-order valence-corrected chi connectivity index (χ4v) is 3.58. The Bertz CT molecular complexity index is 936. The molecule has 1 aromatic heterocycles. The summed E-state index contributed by atoms with van der Waals surface area (Å²) in [5, 5.41) is 9.03. The number of anilines is 1. The maximum absolute atomic E-state index is 14.4. The van der Waals surface area contributed by atoms with Crippen LogP contribution in [0.1, 0.15) is 18.4 Å². The van der Waals surface area contributed by atoms with Crippen molar-refractivity contribution < 1.29 is 4.39 Å². The number of hydrogen-bond donors (Lipinski definition) is 1. The standard InChI is InChI=1S/C19H16Cl2FN3/c20-14-8-5-10-16(17(14)21)25-19-13(7-3-4-11-23-19)18(24-25)12-6-1-2-9-15(12)22/h1-2,5-6,8-10,23H,3-4,7,11H2. The second kappa shape index (κ2) is 6.70. The lowest BCUT2D eigenvalue weighted by molar-refractivity contribution is 0.630. The average Bonchev–Trinajstić information content (AvgIpc) is 2.79. The van der Waals surface area contributed by atoms with Crippen molar-refractivity contribution in [3.05, 3.63) is 63.9 Å². The molecule has 0 radical (unpaired) electrons. The van der Waals surface area contributed by atoms with Gasteiger partial charge >= 0.3 is 0 Å². The molecule has 3 nitrogen and oxygen atoms in total. The van der Waals surface area contributed by atoms with Crippen molar-refractivity contribution in [1.82, 2.24) is 9.78 Å². The molecule has 128 valence electrons. The van der Waals surface area contributed by atoms with Gasteiger partial charge in [0, 0.05) is 17.7 Å². The van der Waals surface area contributed by atoms with E-state index in [0.29, 0.717) is 27.0 Å². The van der Waals surface area contributed by atoms with E-state index in [0.717, 1.165) is 37.2 Å². The Kier molecular flexibility index (Phi) is 4.40. The molecule has 2 aromatic carbocycles. The Morgan fingerprint density at radius 2 is 1.88 bits per heavy atom. The van der Waals surface area contributed by atoms with Gasteiger partial charge in [0.25, 0.3) is 0 Å². The molecular weight excluding hydrogens is 360 g/mol. The van der Waals surface area contributed by atoms with E-state index >= 15 is 0 Å². The lowest BCUT2D eigenvalue weighted by Crippen LogP contribution is -2.07. The molecule has 0 bridgehead atoms. The molecule has 0 fully saturated rings. The summed E-state index contributed by atoms with van der Waals surface area (Å²) in [6.07, 6.45) is 2.91. The first-order valence-electron chi connectivity index (χ1n) is 8.22. The summed E-state index contributed by atoms with van der Waals surface area (Å²) in [6, 6.07) is 12.1. The zero-order valence-electron chi connectivity index (χ0n) is 13.4. The molecule has 1 aliphatic rings. The third-order valence-corrected chi connectivity index (χ3v) is 5.23. The van der Waals surface area contributed by atoms with E-state index in [1.807, 2.05) is 18.2 Å². The van der Waals surface area contributed by atoms with Gasteiger partial charge in [0.2, 0.25) is 0 Å². The second-order valence-corrected chi connectivity index (χ2v) is 6.81. The van der Waals surface area contributed by atoms with E-state index in [2.05, 4.69) is 5.32 Å². The van der Waals surface area contributed by atoms with Gasteiger partial charge in [0.15, 0.2) is 0 Å². The highest BCUT2D eigenvalue weighted by Gasteiger charge is 2.24. The van der Waals surface area contributed by atoms with Crippen molar-refractivity contribution in [3.8, 4) is 16.9 Å². The first-order valence-corrected chi connectivity index (χ1v) is 8.97. The zero-order chi connectivity index (χ0) is 17.4. The van der Waals surface area contributed by atoms with Crippen LogP contribution in [0, 0.1) is 5.82 Å². The molecule has 0 atom stereocenters. The molecule has 0 spiro atoms. The minimum Gasteiger partial charge on any atom is -0.370 e. The number of fused-ring (bicyclic) bond motifs is 1. The van der Waals surface area contributed by atoms with Crippen molar-refractivity contribution in [3.63, 3.8) is 0 Å². The maximum Gasteiger partial charge on any atom is 0.133 e. The van der Waals surface area contributed by atoms with E-state index < -0.39 is 0 Å². The van der Waals surface area contributed by atoms with E-state index in [-0.39, 0.29) is 5.82 Å². The van der Waals surface area contributed by atoms with Crippen LogP contribution < -0.4 is 5.32 Å². The predicted octanol–water partition coefficient (Wildman–Crippen LogP) is 5.73. The van der Waals surface area contributed by atoms with Crippen molar-refractivity contribution in [1.29, 1.82) is 0 Å². The molecule has 0 saturated heterocycles. The van der Waals surface area contributed by atoms with Crippen LogP contribution in [0.2, 0.25) is 10.0 Å². The molecule has 0 amide bonds. The SMILES string of the molecule is Fc1ccccc1-c1nn(-c2cccc(Cl)c2Cl)c2c1CCCCN2. The van der Waals surface area contributed by atoms with Crippen LogP contribution >= 0.6 is 23.2 Å². The summed E-state index contributed by atoms with van der Waals surface area (Å²) in [6.45, 7) is 0.841. The molecule has 1 N–H and O–H groups in total. The highest BCUT2D eigenvalue weighted by molar-refractivity contribution is 6.43. The largest absolute Gasteiger partial charge is 0.370 e. The van der Waals surface area contributed by atoms with Crippen LogP contribution in [-0.2, 0) is 6.42 Å². The van der Waals surface area contributed by atoms with Crippen LogP contribution in [-0.4, -0.2) is 16.3 Å². The summed E-state index contributed by atoms with van der Waals surface area (Å²) in [7, 11) is 0. The fourth-order valence-electron chi connectivity index (χ4n) is 3.20. The number of hydrogen-bond acceptors (Lipinski definition) is 2. The van der Waals surface area contributed by atoms with Gasteiger partial charge in [-0.2, -0.15) is 5.10 Å². The van der Waals surface area contributed by atoms with Gasteiger partial charge in [-0.1, -0.05) is 41.4 Å². The molecule has 25 heavy (non-hydrogen) atoms. The zero-order valence-corrected chi connectivity index (χ0v) is 14.9. The number of nitrogens with zero attached hydrogens (tertiary/aromatic N) is 2. The van der Waals surface area contributed by atoms with Crippen LogP contribution in [0.5, 0.6) is 0 Å². The molecule has 6 heteroatoms. The molecule has 3 aromatic rings. The molecule has 0 saturated carbocycles. The Hall–Kier alpha value is -2.04. The quantitative estimate of drug-likeness (QED) is 0.619. The number of rotatable bonds is 2. The Labute approximate surface area is 155 Å². The Morgan fingerprint density at radius 1 is 1.04 bits per heavy atom. The van der Waals surface area contributed by atoms with E-state index in [9.17, 15) is 4.39 Å². The average molecular weight is 376 g/mol. The second-order valence-electron chi connectivity index (χ2n) is 6.02. The van der Waals surface area contributed by atoms with Gasteiger partial charge in [-0.15, -0.1) is 0 Å². The third kappa shape index (κ3) is 2.90. The predicted molar refractivity (Wildman–Crippen MR) is 100 cm³/mol. The highest BCUT2D eigenvalue weighted by Crippen LogP contribution is 2.37. The maximum atomic E-state index is 14.4. The summed E-state index contributed by atoms with van der Waals surface area (Å²) in [5.41, 5.74) is 2.85. The fraction of sp³-hybridized carbons (Fsp3) is 0.211. The van der Waals surface area contributed by atoms with Gasteiger partial charge in [-0.3, -0.25) is 0 Å². The monoisotopic (exact) mass is 375 g/mol. The number of benzene rings is 2. The van der Waals surface area contributed by atoms with Gasteiger partial charge in [0.05, 0.1) is 15.7 Å². The Morgan fingerprint density at radius 3 is 2.72 bits per heavy atom. The van der Waals surface area contributed by atoms with E-state index in [1.165, 1.54) is 6.07 Å². The smallest absolute Gasteiger partial charge is 0.133 e. The van der Waals surface area contributed by atoms with Gasteiger partial charge in [-0.25, -0.2) is 9.07 Å². The number of halogens is 3. The molecule has 1 aliphatic heterocycles. The van der Waals surface area contributed by atoms with Gasteiger partial charge in [-0.05, 0) is 43.5 Å². The summed E-state index contributed by atoms with van der Waals surface area (Å²) in [4.78, 5) is 0. The summed E-state index contributed by atoms with van der Waals surface area (Å²) >= 11 is 12.6. The minimum absolute atomic E-state index is 0.281.